The van der Waals surface area contributed by atoms with Gasteiger partial charge in [0.05, 0.1) is 31.1 Å². The van der Waals surface area contributed by atoms with Crippen molar-refractivity contribution < 1.29 is 4.74 Å². The van der Waals surface area contributed by atoms with Gasteiger partial charge in [0.15, 0.2) is 0 Å². The van der Waals surface area contributed by atoms with Crippen LogP contribution in [-0.4, -0.2) is 94.0 Å². The minimum atomic E-state index is 0.122. The molecule has 5 rings (SSSR count). The lowest BCUT2D eigenvalue weighted by Crippen LogP contribution is -2.58. The van der Waals surface area contributed by atoms with Crippen LogP contribution in [0.2, 0.25) is 0 Å². The van der Waals surface area contributed by atoms with Crippen molar-refractivity contribution >= 4 is 11.8 Å². The first kappa shape index (κ1) is 26.6. The van der Waals surface area contributed by atoms with Crippen molar-refractivity contribution in [3.63, 3.8) is 0 Å². The zero-order valence-corrected chi connectivity index (χ0v) is 22.2. The summed E-state index contributed by atoms with van der Waals surface area (Å²) >= 11 is 0. The molecule has 5 heterocycles. The third-order valence-corrected chi connectivity index (χ3v) is 6.96. The summed E-state index contributed by atoms with van der Waals surface area (Å²) in [5.74, 6) is 8.07. The zero-order chi connectivity index (χ0) is 26.9. The van der Waals surface area contributed by atoms with Gasteiger partial charge in [0.1, 0.15) is 5.82 Å². The van der Waals surface area contributed by atoms with Crippen LogP contribution in [-0.2, 0) is 4.74 Å². The first-order valence-electron chi connectivity index (χ1n) is 13.2. The molecular weight excluding hydrogens is 494 g/mol. The largest absolute Gasteiger partial charge is 0.382 e. The van der Waals surface area contributed by atoms with Crippen molar-refractivity contribution in [2.75, 3.05) is 62.8 Å². The van der Waals surface area contributed by atoms with Crippen LogP contribution in [0.25, 0.3) is 0 Å². The number of piperazine rings is 1. The Kier molecular flexibility index (Phi) is 8.95. The number of anilines is 2. The number of hydrogen-bond donors (Lipinski definition) is 2. The number of aromatic nitrogens is 6. The highest BCUT2D eigenvalue weighted by Crippen LogP contribution is 2.24. The van der Waals surface area contributed by atoms with Gasteiger partial charge in [0.25, 0.3) is 0 Å². The van der Waals surface area contributed by atoms with Crippen LogP contribution in [0, 0.1) is 11.8 Å². The minimum Gasteiger partial charge on any atom is -0.382 e. The number of ether oxygens (including phenoxy) is 1. The highest BCUT2D eigenvalue weighted by molar-refractivity contribution is 5.46. The van der Waals surface area contributed by atoms with Crippen LogP contribution in [0.1, 0.15) is 24.4 Å². The summed E-state index contributed by atoms with van der Waals surface area (Å²) < 4.78 is 5.46. The summed E-state index contributed by atoms with van der Waals surface area (Å²) in [5.41, 5.74) is 11.0. The molecule has 0 spiro atoms. The summed E-state index contributed by atoms with van der Waals surface area (Å²) in [6, 6.07) is 6.34. The molecule has 0 aliphatic carbocycles. The van der Waals surface area contributed by atoms with Crippen LogP contribution in [0.15, 0.2) is 61.0 Å². The van der Waals surface area contributed by atoms with Gasteiger partial charge in [-0.25, -0.2) is 20.0 Å². The lowest BCUT2D eigenvalue weighted by molar-refractivity contribution is 0.114. The highest BCUT2D eigenvalue weighted by Gasteiger charge is 2.28. The Morgan fingerprint density at radius 3 is 2.56 bits per heavy atom. The molecule has 0 aromatic carbocycles. The van der Waals surface area contributed by atoms with E-state index in [2.05, 4.69) is 57.2 Å². The summed E-state index contributed by atoms with van der Waals surface area (Å²) in [6.45, 7) is 5.08. The second kappa shape index (κ2) is 13.1. The molecule has 0 bridgehead atoms. The molecule has 2 saturated heterocycles. The predicted octanol–water partition coefficient (Wildman–Crippen LogP) is 0.841. The average molecular weight is 530 g/mol. The standard InChI is InChI=1S/C27H35N11O/c1-39-21-25-20-36(15-16-37(25)27-29-9-2-10-30-27)34-19-23(17-28)4-3-22-5-6-26(31-18-22)35-13-7-24(8-14-35)38-32-11-12-33-38/h2,5-6,9-12,18-19,24-25,34H,7-8,13-17,20-21,28H2,1H3/b23-19-/t25-/m1/s1. The molecular formula is C27H35N11O. The van der Waals surface area contributed by atoms with E-state index in [0.717, 1.165) is 68.5 Å². The number of pyridine rings is 1. The fourth-order valence-corrected chi connectivity index (χ4v) is 4.87. The number of nitrogens with two attached hydrogens (primary N) is 1. The highest BCUT2D eigenvalue weighted by atomic mass is 16.5. The molecule has 0 saturated carbocycles. The molecule has 3 aromatic rings. The van der Waals surface area contributed by atoms with E-state index < -0.39 is 0 Å². The van der Waals surface area contributed by atoms with E-state index >= 15 is 0 Å². The Hall–Kier alpha value is -4.05. The molecule has 39 heavy (non-hydrogen) atoms. The molecule has 2 fully saturated rings. The number of methoxy groups -OCH3 is 1. The number of piperidine rings is 1. The molecule has 204 valence electrons. The van der Waals surface area contributed by atoms with E-state index in [9.17, 15) is 0 Å². The molecule has 3 aromatic heterocycles. The Morgan fingerprint density at radius 2 is 1.87 bits per heavy atom. The molecule has 0 amide bonds. The lowest BCUT2D eigenvalue weighted by atomic mass is 10.1. The van der Waals surface area contributed by atoms with E-state index in [1.54, 1.807) is 31.9 Å². The predicted molar refractivity (Wildman–Crippen MR) is 149 cm³/mol. The van der Waals surface area contributed by atoms with Crippen LogP contribution in [0.4, 0.5) is 11.8 Å². The van der Waals surface area contributed by atoms with E-state index in [1.165, 1.54) is 0 Å². The Balaban J connectivity index is 1.14. The normalized spacial score (nSPS) is 19.0. The monoisotopic (exact) mass is 529 g/mol. The molecule has 0 unspecified atom stereocenters. The molecule has 3 N–H and O–H groups in total. The summed E-state index contributed by atoms with van der Waals surface area (Å²) in [6.07, 6.45) is 12.7. The number of nitrogens with zero attached hydrogens (tertiary/aromatic N) is 9. The first-order chi connectivity index (χ1) is 19.2. The molecule has 2 aliphatic heterocycles. The minimum absolute atomic E-state index is 0.122. The van der Waals surface area contributed by atoms with E-state index in [-0.39, 0.29) is 6.04 Å². The van der Waals surface area contributed by atoms with Gasteiger partial charge in [-0.05, 0) is 31.0 Å². The summed E-state index contributed by atoms with van der Waals surface area (Å²) in [4.78, 5) is 19.8. The van der Waals surface area contributed by atoms with Crippen molar-refractivity contribution in [3.05, 3.63) is 66.5 Å². The molecule has 2 aliphatic rings. The quantitative estimate of drug-likeness (QED) is 0.403. The van der Waals surface area contributed by atoms with E-state index in [4.69, 9.17) is 10.5 Å². The maximum atomic E-state index is 5.99. The van der Waals surface area contributed by atoms with Crippen LogP contribution >= 0.6 is 0 Å². The van der Waals surface area contributed by atoms with Crippen molar-refractivity contribution in [1.29, 1.82) is 0 Å². The van der Waals surface area contributed by atoms with Crippen molar-refractivity contribution in [3.8, 4) is 11.8 Å². The van der Waals surface area contributed by atoms with Gasteiger partial charge in [-0.15, -0.1) is 0 Å². The zero-order valence-electron chi connectivity index (χ0n) is 22.2. The van der Waals surface area contributed by atoms with Gasteiger partial charge >= 0.3 is 0 Å². The second-order valence-electron chi connectivity index (χ2n) is 9.52. The fraction of sp³-hybridized carbons (Fsp3) is 0.444. The van der Waals surface area contributed by atoms with E-state index in [0.29, 0.717) is 19.2 Å². The Labute approximate surface area is 228 Å². The molecule has 0 radical (unpaired) electrons. The number of hydrazine groups is 1. The molecule has 1 atom stereocenters. The maximum Gasteiger partial charge on any atom is 0.225 e. The fourth-order valence-electron chi connectivity index (χ4n) is 4.87. The lowest BCUT2D eigenvalue weighted by Gasteiger charge is -2.40. The number of rotatable bonds is 8. The number of hydrogen-bond acceptors (Lipinski definition) is 11. The summed E-state index contributed by atoms with van der Waals surface area (Å²) in [5, 5.41) is 10.7. The van der Waals surface area contributed by atoms with Gasteiger partial charge in [0, 0.05) is 82.3 Å². The van der Waals surface area contributed by atoms with Crippen LogP contribution < -0.4 is 21.0 Å². The summed E-state index contributed by atoms with van der Waals surface area (Å²) in [7, 11) is 1.71. The smallest absolute Gasteiger partial charge is 0.225 e. The molecule has 12 nitrogen and oxygen atoms in total. The van der Waals surface area contributed by atoms with Crippen LogP contribution in [0.5, 0.6) is 0 Å². The maximum absolute atomic E-state index is 5.99. The Morgan fingerprint density at radius 1 is 1.08 bits per heavy atom. The van der Waals surface area contributed by atoms with E-state index in [1.807, 2.05) is 35.4 Å². The van der Waals surface area contributed by atoms with Gasteiger partial charge in [-0.3, -0.25) is 0 Å². The average Bonchev–Trinajstić information content (AvgIpc) is 3.54. The van der Waals surface area contributed by atoms with Gasteiger partial charge < -0.3 is 25.7 Å². The third kappa shape index (κ3) is 6.88. The first-order valence-corrected chi connectivity index (χ1v) is 13.2. The van der Waals surface area contributed by atoms with Crippen molar-refractivity contribution in [1.82, 2.24) is 40.4 Å². The third-order valence-electron chi connectivity index (χ3n) is 6.96. The second-order valence-corrected chi connectivity index (χ2v) is 9.52. The van der Waals surface area contributed by atoms with Gasteiger partial charge in [0.2, 0.25) is 5.95 Å². The van der Waals surface area contributed by atoms with Gasteiger partial charge in [-0.2, -0.15) is 15.0 Å². The van der Waals surface area contributed by atoms with Crippen LogP contribution in [0.3, 0.4) is 0 Å². The Bertz CT molecular complexity index is 1250. The van der Waals surface area contributed by atoms with Crippen molar-refractivity contribution in [2.24, 2.45) is 5.73 Å². The number of nitrogens with one attached hydrogen (secondary N) is 1. The van der Waals surface area contributed by atoms with Crippen molar-refractivity contribution in [2.45, 2.75) is 24.9 Å². The van der Waals surface area contributed by atoms with Gasteiger partial charge in [-0.1, -0.05) is 11.8 Å². The molecule has 12 heteroatoms. The SMILES string of the molecule is COC[C@H]1CN(N/C=C(/C#Cc2ccc(N3CCC(n4nccn4)CC3)nc2)CN)CCN1c1ncccn1. The topological polar surface area (TPSA) is 126 Å².